The maximum absolute atomic E-state index is 11.7. The monoisotopic (exact) mass is 294 g/mol. The molecule has 0 saturated carbocycles. The van der Waals surface area contributed by atoms with E-state index in [2.05, 4.69) is 31.3 Å². The Kier molecular flexibility index (Phi) is 3.87. The van der Waals surface area contributed by atoms with E-state index in [1.807, 2.05) is 12.3 Å². The van der Waals surface area contributed by atoms with Crippen LogP contribution in [0.2, 0.25) is 0 Å². The van der Waals surface area contributed by atoms with E-state index >= 15 is 0 Å². The summed E-state index contributed by atoms with van der Waals surface area (Å²) < 4.78 is 2.35. The van der Waals surface area contributed by atoms with Crippen molar-refractivity contribution in [3.63, 3.8) is 0 Å². The van der Waals surface area contributed by atoms with Crippen LogP contribution in [0, 0.1) is 0 Å². The Labute approximate surface area is 107 Å². The molecule has 2 rings (SSSR count). The van der Waals surface area contributed by atoms with Crippen LogP contribution in [-0.2, 0) is 11.3 Å². The largest absolute Gasteiger partial charge is 0.324 e. The van der Waals surface area contributed by atoms with Gasteiger partial charge in [0.05, 0.1) is 5.69 Å². The molecule has 0 fully saturated rings. The minimum Gasteiger partial charge on any atom is -0.324 e. The molecule has 17 heavy (non-hydrogen) atoms. The number of carbonyl (C=O) groups is 1. The zero-order valence-corrected chi connectivity index (χ0v) is 10.6. The first-order chi connectivity index (χ1) is 8.25. The van der Waals surface area contributed by atoms with Crippen LogP contribution in [0.5, 0.6) is 0 Å². The van der Waals surface area contributed by atoms with Crippen molar-refractivity contribution in [2.24, 2.45) is 0 Å². The van der Waals surface area contributed by atoms with Crippen LogP contribution in [0.4, 0.5) is 5.69 Å². The van der Waals surface area contributed by atoms with Crippen molar-refractivity contribution >= 4 is 27.5 Å². The average Bonchev–Trinajstić information content (AvgIpc) is 2.82. The Balaban J connectivity index is 1.87. The van der Waals surface area contributed by atoms with Gasteiger partial charge >= 0.3 is 0 Å². The molecule has 0 aliphatic heterocycles. The van der Waals surface area contributed by atoms with Crippen molar-refractivity contribution in [1.29, 1.82) is 0 Å². The lowest BCUT2D eigenvalue weighted by atomic mass is 10.3. The van der Waals surface area contributed by atoms with Crippen LogP contribution in [0.1, 0.15) is 6.42 Å². The van der Waals surface area contributed by atoms with Crippen LogP contribution >= 0.6 is 15.9 Å². The molecule has 5 nitrogen and oxygen atoms in total. The van der Waals surface area contributed by atoms with Crippen LogP contribution in [-0.4, -0.2) is 20.7 Å². The second kappa shape index (κ2) is 5.58. The number of rotatable bonds is 4. The minimum atomic E-state index is -0.0609. The number of nitrogens with one attached hydrogen (secondary N) is 1. The lowest BCUT2D eigenvalue weighted by molar-refractivity contribution is -0.116. The highest BCUT2D eigenvalue weighted by atomic mass is 79.9. The first-order valence-corrected chi connectivity index (χ1v) is 5.93. The van der Waals surface area contributed by atoms with Gasteiger partial charge in [0.1, 0.15) is 4.60 Å². The van der Waals surface area contributed by atoms with E-state index in [9.17, 15) is 4.79 Å². The molecule has 2 heterocycles. The SMILES string of the molecule is O=C(CCn1cccn1)Nc1cccnc1Br. The summed E-state index contributed by atoms with van der Waals surface area (Å²) in [6, 6.07) is 5.40. The van der Waals surface area contributed by atoms with Gasteiger partial charge in [-0.05, 0) is 34.1 Å². The predicted molar refractivity (Wildman–Crippen MR) is 67.4 cm³/mol. The molecule has 0 unspecified atom stereocenters. The van der Waals surface area contributed by atoms with Gasteiger partial charge in [0.25, 0.3) is 0 Å². The lowest BCUT2D eigenvalue weighted by Gasteiger charge is -2.06. The summed E-state index contributed by atoms with van der Waals surface area (Å²) in [7, 11) is 0. The summed E-state index contributed by atoms with van der Waals surface area (Å²) >= 11 is 3.27. The van der Waals surface area contributed by atoms with Crippen molar-refractivity contribution in [2.75, 3.05) is 5.32 Å². The zero-order chi connectivity index (χ0) is 12.1. The van der Waals surface area contributed by atoms with Gasteiger partial charge in [0.15, 0.2) is 0 Å². The standard InChI is InChI=1S/C11H11BrN4O/c12-11-9(3-1-5-13-11)15-10(17)4-8-16-7-2-6-14-16/h1-3,5-7H,4,8H2,(H,15,17). The molecule has 0 spiro atoms. The summed E-state index contributed by atoms with van der Waals surface area (Å²) in [4.78, 5) is 15.7. The second-order valence-corrected chi connectivity index (χ2v) is 4.16. The van der Waals surface area contributed by atoms with E-state index in [0.717, 1.165) is 0 Å². The van der Waals surface area contributed by atoms with Gasteiger partial charge in [-0.1, -0.05) is 0 Å². The molecule has 0 atom stereocenters. The Morgan fingerprint density at radius 1 is 1.41 bits per heavy atom. The van der Waals surface area contributed by atoms with Crippen molar-refractivity contribution in [3.05, 3.63) is 41.4 Å². The summed E-state index contributed by atoms with van der Waals surface area (Å²) in [6.07, 6.45) is 5.55. The van der Waals surface area contributed by atoms with Crippen LogP contribution in [0.15, 0.2) is 41.4 Å². The molecular formula is C11H11BrN4O. The number of aryl methyl sites for hydroxylation is 1. The molecule has 2 aromatic heterocycles. The molecule has 0 saturated heterocycles. The summed E-state index contributed by atoms with van der Waals surface area (Å²) in [6.45, 7) is 0.566. The highest BCUT2D eigenvalue weighted by molar-refractivity contribution is 9.10. The van der Waals surface area contributed by atoms with Crippen molar-refractivity contribution in [3.8, 4) is 0 Å². The molecule has 1 N–H and O–H groups in total. The van der Waals surface area contributed by atoms with E-state index in [4.69, 9.17) is 0 Å². The first-order valence-electron chi connectivity index (χ1n) is 5.13. The third kappa shape index (κ3) is 3.39. The fourth-order valence-corrected chi connectivity index (χ4v) is 1.69. The molecule has 6 heteroatoms. The number of aromatic nitrogens is 3. The molecule has 88 valence electrons. The summed E-state index contributed by atoms with van der Waals surface area (Å²) in [5, 5.41) is 6.81. The van der Waals surface area contributed by atoms with Gasteiger partial charge in [-0.25, -0.2) is 4.98 Å². The topological polar surface area (TPSA) is 59.8 Å². The van der Waals surface area contributed by atoms with Crippen LogP contribution in [0.3, 0.4) is 0 Å². The van der Waals surface area contributed by atoms with E-state index in [1.54, 1.807) is 29.2 Å². The first kappa shape index (κ1) is 11.8. The van der Waals surface area contributed by atoms with Crippen molar-refractivity contribution < 1.29 is 4.79 Å². The lowest BCUT2D eigenvalue weighted by Crippen LogP contribution is -2.15. The summed E-state index contributed by atoms with van der Waals surface area (Å²) in [5.41, 5.74) is 0.679. The second-order valence-electron chi connectivity index (χ2n) is 3.41. The average molecular weight is 295 g/mol. The van der Waals surface area contributed by atoms with Gasteiger partial charge in [0.2, 0.25) is 5.91 Å². The Hall–Kier alpha value is -1.69. The Morgan fingerprint density at radius 3 is 3.00 bits per heavy atom. The molecule has 0 aliphatic rings. The van der Waals surface area contributed by atoms with Gasteiger partial charge in [-0.3, -0.25) is 9.48 Å². The van der Waals surface area contributed by atoms with Gasteiger partial charge in [0, 0.05) is 31.6 Å². The highest BCUT2D eigenvalue weighted by Gasteiger charge is 2.05. The number of nitrogens with zero attached hydrogens (tertiary/aromatic N) is 3. The van der Waals surface area contributed by atoms with Crippen LogP contribution in [0.25, 0.3) is 0 Å². The highest BCUT2D eigenvalue weighted by Crippen LogP contribution is 2.18. The molecule has 0 aromatic carbocycles. The molecule has 0 aliphatic carbocycles. The Morgan fingerprint density at radius 2 is 2.29 bits per heavy atom. The van der Waals surface area contributed by atoms with E-state index < -0.39 is 0 Å². The van der Waals surface area contributed by atoms with Gasteiger partial charge in [-0.2, -0.15) is 5.10 Å². The predicted octanol–water partition coefficient (Wildman–Crippen LogP) is 2.07. The number of carbonyl (C=O) groups excluding carboxylic acids is 1. The maximum atomic E-state index is 11.7. The quantitative estimate of drug-likeness (QED) is 0.878. The fraction of sp³-hybridized carbons (Fsp3) is 0.182. The number of hydrogen-bond donors (Lipinski definition) is 1. The molecule has 1 amide bonds. The van der Waals surface area contributed by atoms with Gasteiger partial charge < -0.3 is 5.32 Å². The number of anilines is 1. The molecule has 2 aromatic rings. The molecule has 0 bridgehead atoms. The maximum Gasteiger partial charge on any atom is 0.226 e. The Bertz CT molecular complexity index is 498. The third-order valence-corrected chi connectivity index (χ3v) is 2.79. The van der Waals surface area contributed by atoms with Crippen molar-refractivity contribution in [1.82, 2.24) is 14.8 Å². The van der Waals surface area contributed by atoms with Gasteiger partial charge in [-0.15, -0.1) is 0 Å². The van der Waals surface area contributed by atoms with E-state index in [0.29, 0.717) is 23.3 Å². The van der Waals surface area contributed by atoms with Crippen molar-refractivity contribution in [2.45, 2.75) is 13.0 Å². The van der Waals surface area contributed by atoms with E-state index in [-0.39, 0.29) is 5.91 Å². The minimum absolute atomic E-state index is 0.0609. The smallest absolute Gasteiger partial charge is 0.226 e. The number of halogens is 1. The van der Waals surface area contributed by atoms with Crippen LogP contribution < -0.4 is 5.32 Å². The fourth-order valence-electron chi connectivity index (χ4n) is 1.34. The molecule has 0 radical (unpaired) electrons. The number of pyridine rings is 1. The normalized spacial score (nSPS) is 10.2. The third-order valence-electron chi connectivity index (χ3n) is 2.16. The number of amides is 1. The molecular weight excluding hydrogens is 284 g/mol. The zero-order valence-electron chi connectivity index (χ0n) is 9.01. The van der Waals surface area contributed by atoms with E-state index in [1.165, 1.54) is 0 Å². The summed E-state index contributed by atoms with van der Waals surface area (Å²) in [5.74, 6) is -0.0609. The number of hydrogen-bond acceptors (Lipinski definition) is 3.